The van der Waals surface area contributed by atoms with Crippen LogP contribution in [0.25, 0.3) is 0 Å². The molecule has 0 bridgehead atoms. The van der Waals surface area contributed by atoms with Gasteiger partial charge >= 0.3 is 0 Å². The van der Waals surface area contributed by atoms with Gasteiger partial charge in [0.05, 0.1) is 4.92 Å². The maximum atomic E-state index is 10.6. The van der Waals surface area contributed by atoms with Gasteiger partial charge < -0.3 is 4.74 Å². The number of ether oxygens (including phenoxy) is 1. The predicted octanol–water partition coefficient (Wildman–Crippen LogP) is 4.14. The van der Waals surface area contributed by atoms with Crippen molar-refractivity contribution in [2.45, 2.75) is 0 Å². The molecule has 0 spiro atoms. The summed E-state index contributed by atoms with van der Waals surface area (Å²) in [6.07, 6.45) is 0. The molecule has 2 aromatic rings. The van der Waals surface area contributed by atoms with Gasteiger partial charge in [-0.05, 0) is 6.07 Å². The van der Waals surface area contributed by atoms with E-state index >= 15 is 0 Å². The van der Waals surface area contributed by atoms with Gasteiger partial charge in [0.25, 0.3) is 5.69 Å². The summed E-state index contributed by atoms with van der Waals surface area (Å²) in [7, 11) is 0. The fourth-order valence-corrected chi connectivity index (χ4v) is 1.74. The Kier molecular flexibility index (Phi) is 4.04. The first-order valence-corrected chi connectivity index (χ1v) is 5.91. The van der Waals surface area contributed by atoms with Crippen molar-refractivity contribution >= 4 is 40.5 Å². The molecule has 6 nitrogen and oxygen atoms in total. The molecular weight excluding hydrogens is 316 g/mol. The fraction of sp³-hybridized carbons (Fsp3) is 0. The Hall–Kier alpha value is -1.63. The topological polar surface area (TPSA) is 78.2 Å². The van der Waals surface area contributed by atoms with Gasteiger partial charge in [-0.3, -0.25) is 10.1 Å². The molecule has 9 heteroatoms. The van der Waals surface area contributed by atoms with Crippen molar-refractivity contribution in [3.63, 3.8) is 0 Å². The van der Waals surface area contributed by atoms with Crippen LogP contribution in [0.2, 0.25) is 15.3 Å². The van der Waals surface area contributed by atoms with Crippen molar-refractivity contribution in [2.24, 2.45) is 0 Å². The maximum Gasteiger partial charge on any atom is 0.288 e. The molecule has 1 heterocycles. The number of nitro benzene ring substituents is 1. The second-order valence-corrected chi connectivity index (χ2v) is 4.45. The molecule has 0 saturated heterocycles. The minimum atomic E-state index is -0.593. The van der Waals surface area contributed by atoms with E-state index in [2.05, 4.69) is 10.2 Å². The lowest BCUT2D eigenvalue weighted by molar-refractivity contribution is -0.384. The van der Waals surface area contributed by atoms with E-state index < -0.39 is 4.92 Å². The third-order valence-corrected chi connectivity index (χ3v) is 2.78. The first-order valence-electron chi connectivity index (χ1n) is 4.78. The quantitative estimate of drug-likeness (QED) is 0.627. The summed E-state index contributed by atoms with van der Waals surface area (Å²) in [6.45, 7) is 0. The van der Waals surface area contributed by atoms with Crippen molar-refractivity contribution in [1.29, 1.82) is 0 Å². The lowest BCUT2D eigenvalue weighted by Crippen LogP contribution is -1.92. The molecule has 0 fully saturated rings. The lowest BCUT2D eigenvalue weighted by Gasteiger charge is -2.07. The maximum absolute atomic E-state index is 10.6. The van der Waals surface area contributed by atoms with Crippen LogP contribution in [0.15, 0.2) is 24.3 Å². The van der Waals surface area contributed by atoms with E-state index in [1.165, 1.54) is 24.3 Å². The highest BCUT2D eigenvalue weighted by Gasteiger charge is 2.14. The SMILES string of the molecule is O=[N+]([O-])c1ccc(Oc2cc(Cl)nnc2Cl)cc1Cl. The highest BCUT2D eigenvalue weighted by molar-refractivity contribution is 6.33. The molecule has 19 heavy (non-hydrogen) atoms. The number of hydrogen-bond acceptors (Lipinski definition) is 5. The van der Waals surface area contributed by atoms with Gasteiger partial charge in [-0.2, -0.15) is 0 Å². The van der Waals surface area contributed by atoms with E-state index in [0.717, 1.165) is 0 Å². The third-order valence-electron chi connectivity index (χ3n) is 2.03. The molecule has 2 rings (SSSR count). The van der Waals surface area contributed by atoms with Gasteiger partial charge in [-0.15, -0.1) is 10.2 Å². The first-order chi connectivity index (χ1) is 8.97. The summed E-state index contributed by atoms with van der Waals surface area (Å²) >= 11 is 17.2. The van der Waals surface area contributed by atoms with E-state index in [4.69, 9.17) is 39.5 Å². The Bertz CT molecular complexity index is 651. The molecule has 0 atom stereocenters. The van der Waals surface area contributed by atoms with Gasteiger partial charge in [0.15, 0.2) is 16.1 Å². The Labute approximate surface area is 122 Å². The van der Waals surface area contributed by atoms with Crippen LogP contribution in [0.3, 0.4) is 0 Å². The smallest absolute Gasteiger partial charge is 0.288 e. The van der Waals surface area contributed by atoms with E-state index in [0.29, 0.717) is 0 Å². The van der Waals surface area contributed by atoms with Crippen molar-refractivity contribution < 1.29 is 9.66 Å². The summed E-state index contributed by atoms with van der Waals surface area (Å²) in [6, 6.07) is 5.27. The molecule has 0 amide bonds. The number of halogens is 3. The molecular formula is C10H4Cl3N3O3. The second kappa shape index (κ2) is 5.56. The number of nitrogens with zero attached hydrogens (tertiary/aromatic N) is 3. The Morgan fingerprint density at radius 3 is 2.53 bits per heavy atom. The molecule has 98 valence electrons. The highest BCUT2D eigenvalue weighted by atomic mass is 35.5. The van der Waals surface area contributed by atoms with Gasteiger partial charge in [-0.1, -0.05) is 34.8 Å². The van der Waals surface area contributed by atoms with Crippen LogP contribution in [-0.2, 0) is 0 Å². The van der Waals surface area contributed by atoms with Crippen LogP contribution in [-0.4, -0.2) is 15.1 Å². The lowest BCUT2D eigenvalue weighted by atomic mass is 10.3. The third kappa shape index (κ3) is 3.23. The minimum absolute atomic E-state index is 0.0128. The van der Waals surface area contributed by atoms with Crippen LogP contribution in [0.4, 0.5) is 5.69 Å². The zero-order valence-corrected chi connectivity index (χ0v) is 11.3. The van der Waals surface area contributed by atoms with Crippen LogP contribution in [0, 0.1) is 10.1 Å². The van der Waals surface area contributed by atoms with Crippen molar-refractivity contribution in [3.05, 3.63) is 49.7 Å². The Morgan fingerprint density at radius 2 is 1.89 bits per heavy atom. The van der Waals surface area contributed by atoms with E-state index in [1.807, 2.05) is 0 Å². The minimum Gasteiger partial charge on any atom is -0.454 e. The Balaban J connectivity index is 2.31. The normalized spacial score (nSPS) is 10.3. The van der Waals surface area contributed by atoms with E-state index in [-0.39, 0.29) is 32.5 Å². The van der Waals surface area contributed by atoms with Crippen LogP contribution in [0.1, 0.15) is 0 Å². The summed E-state index contributed by atoms with van der Waals surface area (Å²) in [4.78, 5) is 10.0. The average Bonchev–Trinajstić information content (AvgIpc) is 2.33. The second-order valence-electron chi connectivity index (χ2n) is 3.29. The van der Waals surface area contributed by atoms with Gasteiger partial charge in [-0.25, -0.2) is 0 Å². The number of benzene rings is 1. The standard InChI is InChI=1S/C10H4Cl3N3O3/c11-6-3-5(1-2-7(6)16(17)18)19-8-4-9(12)14-15-10(8)13/h1-4H. The molecule has 0 aliphatic heterocycles. The zero-order chi connectivity index (χ0) is 14.0. The molecule has 0 N–H and O–H groups in total. The average molecular weight is 321 g/mol. The summed E-state index contributed by atoms with van der Waals surface area (Å²) < 4.78 is 5.38. The van der Waals surface area contributed by atoms with Crippen LogP contribution < -0.4 is 4.74 Å². The summed E-state index contributed by atoms with van der Waals surface area (Å²) in [5.41, 5.74) is -0.217. The van der Waals surface area contributed by atoms with Crippen LogP contribution >= 0.6 is 34.8 Å². The fourth-order valence-electron chi connectivity index (χ4n) is 1.24. The monoisotopic (exact) mass is 319 g/mol. The number of nitro groups is 1. The van der Waals surface area contributed by atoms with E-state index in [1.54, 1.807) is 0 Å². The predicted molar refractivity (Wildman–Crippen MR) is 70.2 cm³/mol. The highest BCUT2D eigenvalue weighted by Crippen LogP contribution is 2.33. The first kappa shape index (κ1) is 13.8. The van der Waals surface area contributed by atoms with Crippen LogP contribution in [0.5, 0.6) is 11.5 Å². The van der Waals surface area contributed by atoms with Crippen molar-refractivity contribution in [2.75, 3.05) is 0 Å². The van der Waals surface area contributed by atoms with E-state index in [9.17, 15) is 10.1 Å². The molecule has 0 saturated carbocycles. The van der Waals surface area contributed by atoms with Gasteiger partial charge in [0.2, 0.25) is 0 Å². The number of hydrogen-bond donors (Lipinski definition) is 0. The molecule has 1 aromatic carbocycles. The Morgan fingerprint density at radius 1 is 1.16 bits per heavy atom. The number of rotatable bonds is 3. The zero-order valence-electron chi connectivity index (χ0n) is 9.01. The molecule has 0 unspecified atom stereocenters. The molecule has 0 radical (unpaired) electrons. The molecule has 0 aliphatic rings. The number of aromatic nitrogens is 2. The largest absolute Gasteiger partial charge is 0.454 e. The summed E-state index contributed by atoms with van der Waals surface area (Å²) in [5, 5.41) is 17.8. The summed E-state index contributed by atoms with van der Waals surface area (Å²) in [5.74, 6) is 0.438. The van der Waals surface area contributed by atoms with Crippen molar-refractivity contribution in [1.82, 2.24) is 10.2 Å². The molecule has 0 aliphatic carbocycles. The van der Waals surface area contributed by atoms with Gasteiger partial charge in [0.1, 0.15) is 10.8 Å². The molecule has 1 aromatic heterocycles. The van der Waals surface area contributed by atoms with Crippen molar-refractivity contribution in [3.8, 4) is 11.5 Å². The van der Waals surface area contributed by atoms with Gasteiger partial charge in [0, 0.05) is 18.2 Å².